The van der Waals surface area contributed by atoms with Crippen LogP contribution in [0.1, 0.15) is 0 Å². The quantitative estimate of drug-likeness (QED) is 0.458. The predicted molar refractivity (Wildman–Crippen MR) is 35.7 cm³/mol. The zero-order chi connectivity index (χ0) is 6.41. The molecule has 0 heterocycles. The van der Waals surface area contributed by atoms with Crippen LogP contribution >= 0.6 is 12.6 Å². The molecule has 0 aromatic carbocycles. The van der Waals surface area contributed by atoms with Gasteiger partial charge in [0.05, 0.1) is 0 Å². The molecule has 8 heavy (non-hydrogen) atoms. The zero-order valence-corrected chi connectivity index (χ0v) is 5.19. The van der Waals surface area contributed by atoms with Gasteiger partial charge in [-0.25, -0.2) is 4.79 Å². The summed E-state index contributed by atoms with van der Waals surface area (Å²) in [6, 6.07) is -0.553. The summed E-state index contributed by atoms with van der Waals surface area (Å²) >= 11 is 3.84. The van der Waals surface area contributed by atoms with E-state index < -0.39 is 6.03 Å². The van der Waals surface area contributed by atoms with E-state index in [2.05, 4.69) is 17.9 Å². The molecule has 0 saturated heterocycles. The molecule has 0 rings (SSSR count). The molecule has 4 heteroatoms. The number of primary amides is 1. The highest BCUT2D eigenvalue weighted by Gasteiger charge is 1.79. The number of carbonyl (C=O) groups is 1. The molecule has 0 unspecified atom stereocenters. The van der Waals surface area contributed by atoms with E-state index in [1.54, 1.807) is 6.08 Å². The Bertz CT molecular complexity index is 102. The minimum atomic E-state index is -0.553. The van der Waals surface area contributed by atoms with Gasteiger partial charge in [-0.3, -0.25) is 0 Å². The molecule has 0 aliphatic rings. The van der Waals surface area contributed by atoms with E-state index in [9.17, 15) is 4.79 Å². The summed E-state index contributed by atoms with van der Waals surface area (Å²) in [5, 5.41) is 2.26. The molecule has 0 fully saturated rings. The maximum absolute atomic E-state index is 9.91. The lowest BCUT2D eigenvalue weighted by Crippen LogP contribution is -2.23. The SMILES string of the molecule is NC(=O)NC=CCS. The summed E-state index contributed by atoms with van der Waals surface area (Å²) in [6.07, 6.45) is 3.13. The van der Waals surface area contributed by atoms with E-state index >= 15 is 0 Å². The van der Waals surface area contributed by atoms with E-state index in [4.69, 9.17) is 5.73 Å². The lowest BCUT2D eigenvalue weighted by atomic mass is 10.7. The normalized spacial score (nSPS) is 9.62. The van der Waals surface area contributed by atoms with Crippen molar-refractivity contribution in [1.29, 1.82) is 0 Å². The monoisotopic (exact) mass is 132 g/mol. The smallest absolute Gasteiger partial charge is 0.316 e. The molecule has 0 spiro atoms. The van der Waals surface area contributed by atoms with Crippen molar-refractivity contribution in [3.05, 3.63) is 12.3 Å². The van der Waals surface area contributed by atoms with Crippen LogP contribution in [-0.2, 0) is 0 Å². The van der Waals surface area contributed by atoms with Crippen LogP contribution < -0.4 is 11.1 Å². The highest BCUT2D eigenvalue weighted by Crippen LogP contribution is 1.72. The van der Waals surface area contributed by atoms with Gasteiger partial charge in [-0.15, -0.1) is 0 Å². The largest absolute Gasteiger partial charge is 0.351 e. The first kappa shape index (κ1) is 7.36. The Morgan fingerprint density at radius 2 is 2.50 bits per heavy atom. The molecular weight excluding hydrogens is 124 g/mol. The molecule has 46 valence electrons. The van der Waals surface area contributed by atoms with E-state index in [0.717, 1.165) is 0 Å². The van der Waals surface area contributed by atoms with Crippen LogP contribution in [0.3, 0.4) is 0 Å². The molecule has 2 amide bonds. The van der Waals surface area contributed by atoms with Gasteiger partial charge in [-0.05, 0) is 0 Å². The molecule has 0 saturated carbocycles. The summed E-state index contributed by atoms with van der Waals surface area (Å²) in [4.78, 5) is 9.91. The third kappa shape index (κ3) is 5.36. The van der Waals surface area contributed by atoms with Crippen LogP contribution in [-0.4, -0.2) is 11.8 Å². The van der Waals surface area contributed by atoms with Gasteiger partial charge >= 0.3 is 6.03 Å². The Hall–Kier alpha value is -0.640. The van der Waals surface area contributed by atoms with Gasteiger partial charge < -0.3 is 11.1 Å². The number of carbonyl (C=O) groups excluding carboxylic acids is 1. The second-order valence-electron chi connectivity index (χ2n) is 1.09. The third-order valence-corrected chi connectivity index (χ3v) is 0.660. The number of hydrogen-bond donors (Lipinski definition) is 3. The van der Waals surface area contributed by atoms with Gasteiger partial charge in [0.1, 0.15) is 0 Å². The van der Waals surface area contributed by atoms with Gasteiger partial charge in [-0.2, -0.15) is 12.6 Å². The summed E-state index contributed by atoms with van der Waals surface area (Å²) in [5.74, 6) is 0.597. The summed E-state index contributed by atoms with van der Waals surface area (Å²) in [7, 11) is 0. The summed E-state index contributed by atoms with van der Waals surface area (Å²) in [5.41, 5.74) is 4.71. The van der Waals surface area contributed by atoms with Crippen LogP contribution in [0.4, 0.5) is 4.79 Å². The Labute approximate surface area is 53.4 Å². The first-order valence-corrected chi connectivity index (χ1v) is 2.72. The average molecular weight is 132 g/mol. The first-order valence-electron chi connectivity index (χ1n) is 2.09. The van der Waals surface area contributed by atoms with Crippen molar-refractivity contribution in [2.45, 2.75) is 0 Å². The Balaban J connectivity index is 3.16. The van der Waals surface area contributed by atoms with Crippen LogP contribution in [0, 0.1) is 0 Å². The van der Waals surface area contributed by atoms with Gasteiger partial charge in [0.15, 0.2) is 0 Å². The van der Waals surface area contributed by atoms with Crippen LogP contribution in [0.2, 0.25) is 0 Å². The number of amides is 2. The summed E-state index contributed by atoms with van der Waals surface area (Å²) in [6.45, 7) is 0. The lowest BCUT2D eigenvalue weighted by Gasteiger charge is -1.86. The van der Waals surface area contributed by atoms with Crippen molar-refractivity contribution in [2.75, 3.05) is 5.75 Å². The molecule has 3 N–H and O–H groups in total. The van der Waals surface area contributed by atoms with Crippen molar-refractivity contribution in [1.82, 2.24) is 5.32 Å². The van der Waals surface area contributed by atoms with E-state index in [1.165, 1.54) is 6.20 Å². The first-order chi connectivity index (χ1) is 3.77. The topological polar surface area (TPSA) is 55.1 Å². The Morgan fingerprint density at radius 1 is 1.88 bits per heavy atom. The molecular formula is C4H8N2OS. The van der Waals surface area contributed by atoms with Gasteiger partial charge in [0, 0.05) is 12.0 Å². The predicted octanol–water partition coefficient (Wildman–Crippen LogP) is 0.0982. The maximum atomic E-state index is 9.91. The second-order valence-corrected chi connectivity index (χ2v) is 1.46. The molecule has 0 atom stereocenters. The molecule has 0 aromatic rings. The van der Waals surface area contributed by atoms with Gasteiger partial charge in [0.2, 0.25) is 0 Å². The Morgan fingerprint density at radius 3 is 2.88 bits per heavy atom. The third-order valence-electron chi connectivity index (χ3n) is 0.449. The van der Waals surface area contributed by atoms with Crippen molar-refractivity contribution in [3.8, 4) is 0 Å². The van der Waals surface area contributed by atoms with Crippen molar-refractivity contribution >= 4 is 18.7 Å². The van der Waals surface area contributed by atoms with E-state index in [1.807, 2.05) is 0 Å². The number of thiol groups is 1. The minimum absolute atomic E-state index is 0.553. The van der Waals surface area contributed by atoms with Crippen LogP contribution in [0.5, 0.6) is 0 Å². The maximum Gasteiger partial charge on any atom is 0.316 e. The highest BCUT2D eigenvalue weighted by atomic mass is 32.1. The van der Waals surface area contributed by atoms with Crippen LogP contribution in [0.15, 0.2) is 12.3 Å². The summed E-state index contributed by atoms with van der Waals surface area (Å²) < 4.78 is 0. The number of hydrogen-bond acceptors (Lipinski definition) is 2. The van der Waals surface area contributed by atoms with Crippen molar-refractivity contribution < 1.29 is 4.79 Å². The fourth-order valence-electron chi connectivity index (χ4n) is 0.194. The Kier molecular flexibility index (Phi) is 4.16. The molecule has 0 aliphatic carbocycles. The molecule has 0 aromatic heterocycles. The number of nitrogens with two attached hydrogens (primary N) is 1. The average Bonchev–Trinajstić information content (AvgIpc) is 1.66. The van der Waals surface area contributed by atoms with E-state index in [0.29, 0.717) is 5.75 Å². The molecule has 0 radical (unpaired) electrons. The number of rotatable bonds is 2. The zero-order valence-electron chi connectivity index (χ0n) is 4.29. The van der Waals surface area contributed by atoms with Crippen molar-refractivity contribution in [3.63, 3.8) is 0 Å². The van der Waals surface area contributed by atoms with E-state index in [-0.39, 0.29) is 0 Å². The molecule has 3 nitrogen and oxygen atoms in total. The fraction of sp³-hybridized carbons (Fsp3) is 0.250. The standard InChI is InChI=1S/C4H8N2OS/c5-4(7)6-2-1-3-8/h1-2,8H,3H2,(H3,5,6,7). The minimum Gasteiger partial charge on any atom is -0.351 e. The second kappa shape index (κ2) is 4.52. The van der Waals surface area contributed by atoms with Crippen molar-refractivity contribution in [2.24, 2.45) is 5.73 Å². The number of urea groups is 1. The number of nitrogens with one attached hydrogen (secondary N) is 1. The highest BCUT2D eigenvalue weighted by molar-refractivity contribution is 7.80. The fourth-order valence-corrected chi connectivity index (χ4v) is 0.299. The van der Waals surface area contributed by atoms with Gasteiger partial charge in [0.25, 0.3) is 0 Å². The van der Waals surface area contributed by atoms with Crippen LogP contribution in [0.25, 0.3) is 0 Å². The molecule has 0 bridgehead atoms. The lowest BCUT2D eigenvalue weighted by molar-refractivity contribution is 0.252. The van der Waals surface area contributed by atoms with Gasteiger partial charge in [-0.1, -0.05) is 6.08 Å². The molecule has 0 aliphatic heterocycles.